The quantitative estimate of drug-likeness (QED) is 0.687. The highest BCUT2D eigenvalue weighted by atomic mass is 19.1. The summed E-state index contributed by atoms with van der Waals surface area (Å²) in [5, 5.41) is 11.8. The number of carbonyl (C=O) groups excluding carboxylic acids is 1. The van der Waals surface area contributed by atoms with Crippen LogP contribution < -0.4 is 5.32 Å². The van der Waals surface area contributed by atoms with Gasteiger partial charge >= 0.3 is 0 Å². The van der Waals surface area contributed by atoms with Crippen molar-refractivity contribution in [3.8, 4) is 6.07 Å². The fourth-order valence-corrected chi connectivity index (χ4v) is 1.91. The molecule has 0 aliphatic heterocycles. The lowest BCUT2D eigenvalue weighted by atomic mass is 10.1. The van der Waals surface area contributed by atoms with E-state index < -0.39 is 11.7 Å². The molecule has 0 fully saturated rings. The van der Waals surface area contributed by atoms with Gasteiger partial charge in [-0.05, 0) is 49.2 Å². The summed E-state index contributed by atoms with van der Waals surface area (Å²) in [5.74, 6) is -1.04. The number of anilines is 1. The zero-order valence-corrected chi connectivity index (χ0v) is 12.4. The van der Waals surface area contributed by atoms with Crippen LogP contribution in [0.25, 0.3) is 6.08 Å². The van der Waals surface area contributed by atoms with E-state index in [9.17, 15) is 9.18 Å². The third-order valence-electron chi connectivity index (χ3n) is 3.33. The zero-order valence-electron chi connectivity index (χ0n) is 12.4. The fourth-order valence-electron chi connectivity index (χ4n) is 1.91. The van der Waals surface area contributed by atoms with Crippen LogP contribution in [-0.4, -0.2) is 5.91 Å². The van der Waals surface area contributed by atoms with Crippen LogP contribution in [-0.2, 0) is 4.79 Å². The summed E-state index contributed by atoms with van der Waals surface area (Å²) in [6, 6.07) is 13.3. The summed E-state index contributed by atoms with van der Waals surface area (Å²) in [6.45, 7) is 3.91. The van der Waals surface area contributed by atoms with Crippen LogP contribution in [0.2, 0.25) is 0 Å². The molecule has 0 spiro atoms. The topological polar surface area (TPSA) is 52.9 Å². The van der Waals surface area contributed by atoms with Crippen LogP contribution in [0.4, 0.5) is 10.1 Å². The first-order valence-corrected chi connectivity index (χ1v) is 6.76. The second kappa shape index (κ2) is 6.68. The molecule has 0 bridgehead atoms. The van der Waals surface area contributed by atoms with Gasteiger partial charge in [-0.3, -0.25) is 4.79 Å². The summed E-state index contributed by atoms with van der Waals surface area (Å²) >= 11 is 0. The van der Waals surface area contributed by atoms with Crippen LogP contribution in [0.5, 0.6) is 0 Å². The fraction of sp³-hybridized carbons (Fsp3) is 0.111. The molecule has 0 aromatic heterocycles. The van der Waals surface area contributed by atoms with Crippen LogP contribution in [0.15, 0.2) is 48.0 Å². The van der Waals surface area contributed by atoms with Crippen molar-refractivity contribution in [2.75, 3.05) is 5.32 Å². The van der Waals surface area contributed by atoms with Crippen molar-refractivity contribution in [3.63, 3.8) is 0 Å². The molecule has 0 aliphatic carbocycles. The van der Waals surface area contributed by atoms with Gasteiger partial charge in [-0.25, -0.2) is 4.39 Å². The largest absolute Gasteiger partial charge is 0.321 e. The smallest absolute Gasteiger partial charge is 0.266 e. The van der Waals surface area contributed by atoms with Gasteiger partial charge in [0.25, 0.3) is 5.91 Å². The van der Waals surface area contributed by atoms with Crippen molar-refractivity contribution in [2.45, 2.75) is 13.8 Å². The van der Waals surface area contributed by atoms with E-state index in [1.165, 1.54) is 18.2 Å². The van der Waals surface area contributed by atoms with E-state index in [2.05, 4.69) is 5.32 Å². The van der Waals surface area contributed by atoms with E-state index in [1.807, 2.05) is 26.0 Å². The number of hydrogen-bond donors (Lipinski definition) is 1. The molecule has 110 valence electrons. The standard InChI is InChI=1S/C18H15FN2O/c1-12-7-8-16(9-13(12)2)21-18(22)15(11-20)10-14-5-3-4-6-17(14)19/h3-10H,1-2H3,(H,21,22)/b15-10-. The predicted octanol–water partition coefficient (Wildman–Crippen LogP) is 3.99. The number of carbonyl (C=O) groups is 1. The Kier molecular flexibility index (Phi) is 4.70. The Morgan fingerprint density at radius 3 is 2.55 bits per heavy atom. The van der Waals surface area contributed by atoms with Gasteiger partial charge in [-0.15, -0.1) is 0 Å². The van der Waals surface area contributed by atoms with Crippen molar-refractivity contribution in [1.82, 2.24) is 0 Å². The Bertz CT molecular complexity index is 788. The maximum absolute atomic E-state index is 13.6. The molecule has 2 rings (SSSR count). The first-order valence-electron chi connectivity index (χ1n) is 6.76. The summed E-state index contributed by atoms with van der Waals surface area (Å²) in [4.78, 5) is 12.1. The summed E-state index contributed by atoms with van der Waals surface area (Å²) < 4.78 is 13.6. The number of amides is 1. The molecule has 0 aliphatic rings. The molecule has 22 heavy (non-hydrogen) atoms. The Hall–Kier alpha value is -2.93. The molecule has 2 aromatic carbocycles. The molecule has 0 saturated carbocycles. The molecule has 2 aromatic rings. The minimum absolute atomic E-state index is 0.150. The number of nitrogens with zero attached hydrogens (tertiary/aromatic N) is 1. The molecule has 0 radical (unpaired) electrons. The van der Waals surface area contributed by atoms with Crippen molar-refractivity contribution in [1.29, 1.82) is 5.26 Å². The van der Waals surface area contributed by atoms with Gasteiger partial charge in [0.2, 0.25) is 0 Å². The lowest BCUT2D eigenvalue weighted by Crippen LogP contribution is -2.13. The Morgan fingerprint density at radius 2 is 1.91 bits per heavy atom. The second-order valence-electron chi connectivity index (χ2n) is 4.94. The monoisotopic (exact) mass is 294 g/mol. The third-order valence-corrected chi connectivity index (χ3v) is 3.33. The van der Waals surface area contributed by atoms with Crippen molar-refractivity contribution in [2.24, 2.45) is 0 Å². The molecule has 4 heteroatoms. The molecule has 3 nitrogen and oxygen atoms in total. The molecule has 1 N–H and O–H groups in total. The predicted molar refractivity (Wildman–Crippen MR) is 84.5 cm³/mol. The van der Waals surface area contributed by atoms with E-state index >= 15 is 0 Å². The van der Waals surface area contributed by atoms with E-state index in [4.69, 9.17) is 5.26 Å². The highest BCUT2D eigenvalue weighted by Gasteiger charge is 2.11. The van der Waals surface area contributed by atoms with Crippen molar-refractivity contribution >= 4 is 17.7 Å². The average Bonchev–Trinajstić information content (AvgIpc) is 2.50. The Balaban J connectivity index is 2.24. The number of aryl methyl sites for hydroxylation is 2. The molecule has 1 amide bonds. The normalized spacial score (nSPS) is 10.9. The van der Waals surface area contributed by atoms with Crippen molar-refractivity contribution < 1.29 is 9.18 Å². The van der Waals surface area contributed by atoms with E-state index in [-0.39, 0.29) is 11.1 Å². The minimum atomic E-state index is -0.561. The minimum Gasteiger partial charge on any atom is -0.321 e. The summed E-state index contributed by atoms with van der Waals surface area (Å²) in [7, 11) is 0. The molecule has 0 unspecified atom stereocenters. The summed E-state index contributed by atoms with van der Waals surface area (Å²) in [5.41, 5.74) is 2.80. The molecule has 0 heterocycles. The van der Waals surface area contributed by atoms with Gasteiger partial charge in [0.15, 0.2) is 0 Å². The van der Waals surface area contributed by atoms with Crippen LogP contribution in [0.1, 0.15) is 16.7 Å². The zero-order chi connectivity index (χ0) is 16.1. The molecular formula is C18H15FN2O. The maximum Gasteiger partial charge on any atom is 0.266 e. The second-order valence-corrected chi connectivity index (χ2v) is 4.94. The van der Waals surface area contributed by atoms with Crippen LogP contribution in [0.3, 0.4) is 0 Å². The lowest BCUT2D eigenvalue weighted by molar-refractivity contribution is -0.112. The first-order chi connectivity index (χ1) is 10.5. The Labute approximate surface area is 128 Å². The molecule has 0 atom stereocenters. The van der Waals surface area contributed by atoms with Gasteiger partial charge in [0.05, 0.1) is 0 Å². The lowest BCUT2D eigenvalue weighted by Gasteiger charge is -2.07. The average molecular weight is 294 g/mol. The van der Waals surface area contributed by atoms with Gasteiger partial charge < -0.3 is 5.32 Å². The van der Waals surface area contributed by atoms with E-state index in [1.54, 1.807) is 24.3 Å². The van der Waals surface area contributed by atoms with Crippen LogP contribution >= 0.6 is 0 Å². The molecular weight excluding hydrogens is 279 g/mol. The van der Waals surface area contributed by atoms with Crippen LogP contribution in [0, 0.1) is 31.0 Å². The number of nitrogens with one attached hydrogen (secondary N) is 1. The number of rotatable bonds is 3. The number of halogens is 1. The maximum atomic E-state index is 13.6. The third kappa shape index (κ3) is 3.58. The highest BCUT2D eigenvalue weighted by molar-refractivity contribution is 6.09. The summed E-state index contributed by atoms with van der Waals surface area (Å²) in [6.07, 6.45) is 1.24. The van der Waals surface area contributed by atoms with Gasteiger partial charge in [0, 0.05) is 11.3 Å². The van der Waals surface area contributed by atoms with Crippen molar-refractivity contribution in [3.05, 3.63) is 70.5 Å². The van der Waals surface area contributed by atoms with E-state index in [0.717, 1.165) is 11.1 Å². The SMILES string of the molecule is Cc1ccc(NC(=O)/C(C#N)=C\c2ccccc2F)cc1C. The number of benzene rings is 2. The van der Waals surface area contributed by atoms with Gasteiger partial charge in [-0.1, -0.05) is 24.3 Å². The van der Waals surface area contributed by atoms with Gasteiger partial charge in [0.1, 0.15) is 17.5 Å². The first kappa shape index (κ1) is 15.5. The molecule has 0 saturated heterocycles. The number of hydrogen-bond acceptors (Lipinski definition) is 2. The number of nitriles is 1. The van der Waals surface area contributed by atoms with E-state index in [0.29, 0.717) is 5.69 Å². The highest BCUT2D eigenvalue weighted by Crippen LogP contribution is 2.16. The Morgan fingerprint density at radius 1 is 1.18 bits per heavy atom. The van der Waals surface area contributed by atoms with Gasteiger partial charge in [-0.2, -0.15) is 5.26 Å².